The second-order valence-corrected chi connectivity index (χ2v) is 10.8. The van der Waals surface area contributed by atoms with Gasteiger partial charge in [0.05, 0.1) is 0 Å². The molecule has 0 aliphatic heterocycles. The van der Waals surface area contributed by atoms with Crippen molar-refractivity contribution in [1.82, 2.24) is 4.98 Å². The third-order valence-corrected chi connectivity index (χ3v) is 4.24. The van der Waals surface area contributed by atoms with Crippen molar-refractivity contribution in [2.45, 2.75) is 6.92 Å². The van der Waals surface area contributed by atoms with E-state index >= 15 is 0 Å². The van der Waals surface area contributed by atoms with E-state index in [0.717, 1.165) is 19.6 Å². The molecule has 0 saturated carbocycles. The van der Waals surface area contributed by atoms with Gasteiger partial charge in [-0.1, -0.05) is 0 Å². The molecule has 2 atom stereocenters. The fourth-order valence-electron chi connectivity index (χ4n) is 2.57. The molecule has 120 valence electrons. The third-order valence-electron chi connectivity index (χ3n) is 3.69. The molecule has 3 nitrogen and oxygen atoms in total. The van der Waals surface area contributed by atoms with Crippen LogP contribution in [0.2, 0.25) is 0 Å². The van der Waals surface area contributed by atoms with Crippen LogP contribution < -0.4 is 0 Å². The minimum absolute atomic E-state index is 0.276. The molecule has 0 fully saturated rings. The van der Waals surface area contributed by atoms with E-state index in [1.807, 2.05) is 13.0 Å². The number of hydrogen-bond donors (Lipinski definition) is 0. The second kappa shape index (κ2) is 7.00. The maximum atomic E-state index is 14.2. The van der Waals surface area contributed by atoms with Crippen LogP contribution in [0.1, 0.15) is 15.9 Å². The molecule has 3 rings (SSSR count). The fourth-order valence-corrected chi connectivity index (χ4v) is 3.06. The van der Waals surface area contributed by atoms with Crippen molar-refractivity contribution in [3.63, 3.8) is 0 Å². The number of benzene rings is 2. The summed E-state index contributed by atoms with van der Waals surface area (Å²) in [7, 11) is 0. The number of aliphatic imine (C=N–C) groups is 1. The SMILES string of the molecule is Cc1cnc(-c2ccccc2F)c2cc(C(=O)N=C([AsH2])[AsH2])ccc12. The quantitative estimate of drug-likeness (QED) is 0.449. The molecule has 24 heavy (non-hydrogen) atoms. The van der Waals surface area contributed by atoms with Crippen LogP contribution in [0.3, 0.4) is 0 Å². The number of carbonyl (C=O) groups excluding carboxylic acids is 1. The van der Waals surface area contributed by atoms with Crippen molar-refractivity contribution in [2.75, 3.05) is 0 Å². The topological polar surface area (TPSA) is 42.3 Å². The fraction of sp³-hybridized carbons (Fsp3) is 0.0556. The predicted octanol–water partition coefficient (Wildman–Crippen LogP) is 2.11. The average molecular weight is 444 g/mol. The normalized spacial score (nSPS) is 10.7. The van der Waals surface area contributed by atoms with E-state index in [4.69, 9.17) is 0 Å². The third kappa shape index (κ3) is 3.36. The first-order chi connectivity index (χ1) is 11.5. The number of halogens is 1. The van der Waals surface area contributed by atoms with Crippen LogP contribution in [-0.4, -0.2) is 47.9 Å². The molecule has 1 amide bonds. The van der Waals surface area contributed by atoms with Crippen molar-refractivity contribution >= 4 is 53.7 Å². The molecule has 0 N–H and O–H groups in total. The Labute approximate surface area is 156 Å². The number of aromatic nitrogens is 1. The van der Waals surface area contributed by atoms with E-state index in [9.17, 15) is 9.18 Å². The zero-order valence-electron chi connectivity index (χ0n) is 13.0. The molecule has 1 aromatic heterocycles. The summed E-state index contributed by atoms with van der Waals surface area (Å²) in [5.41, 5.74) is 2.43. The predicted molar refractivity (Wildman–Crippen MR) is 101 cm³/mol. The Balaban J connectivity index is 2.27. The van der Waals surface area contributed by atoms with Crippen molar-refractivity contribution in [3.8, 4) is 11.3 Å². The van der Waals surface area contributed by atoms with Gasteiger partial charge in [-0.15, -0.1) is 0 Å². The van der Waals surface area contributed by atoms with Crippen molar-refractivity contribution in [1.29, 1.82) is 0 Å². The molecule has 2 aromatic carbocycles. The Morgan fingerprint density at radius 2 is 1.88 bits per heavy atom. The number of nitrogens with zero attached hydrogens (tertiary/aromatic N) is 2. The molecule has 0 aliphatic carbocycles. The van der Waals surface area contributed by atoms with Gasteiger partial charge in [-0.3, -0.25) is 0 Å². The molecule has 6 heteroatoms. The van der Waals surface area contributed by atoms with Crippen LogP contribution in [0.15, 0.2) is 53.7 Å². The Hall–Kier alpha value is -1.76. The monoisotopic (exact) mass is 444 g/mol. The first-order valence-electron chi connectivity index (χ1n) is 7.25. The Kier molecular flexibility index (Phi) is 4.98. The number of aryl methyl sites for hydroxylation is 1. The Morgan fingerprint density at radius 3 is 2.58 bits per heavy atom. The van der Waals surface area contributed by atoms with Crippen LogP contribution in [0, 0.1) is 12.7 Å². The van der Waals surface area contributed by atoms with E-state index in [2.05, 4.69) is 9.98 Å². The van der Waals surface area contributed by atoms with Crippen LogP contribution in [0.5, 0.6) is 0 Å². The van der Waals surface area contributed by atoms with Crippen LogP contribution in [0.4, 0.5) is 4.39 Å². The summed E-state index contributed by atoms with van der Waals surface area (Å²) in [6.07, 6.45) is 1.73. The first kappa shape index (κ1) is 17.1. The van der Waals surface area contributed by atoms with Gasteiger partial charge in [0.2, 0.25) is 0 Å². The Morgan fingerprint density at radius 1 is 1.12 bits per heavy atom. The van der Waals surface area contributed by atoms with E-state index in [1.54, 1.807) is 36.5 Å². The van der Waals surface area contributed by atoms with Gasteiger partial charge in [-0.25, -0.2) is 0 Å². The van der Waals surface area contributed by atoms with Gasteiger partial charge in [-0.2, -0.15) is 0 Å². The van der Waals surface area contributed by atoms with E-state index < -0.39 is 0 Å². The molecule has 0 spiro atoms. The number of amides is 1. The van der Waals surface area contributed by atoms with Crippen LogP contribution in [-0.2, 0) is 0 Å². The number of carbonyl (C=O) groups is 1. The summed E-state index contributed by atoms with van der Waals surface area (Å²) in [5.74, 6) is -0.610. The molecule has 3 aromatic rings. The minimum atomic E-state index is -0.334. The van der Waals surface area contributed by atoms with Gasteiger partial charge in [0.25, 0.3) is 0 Å². The number of hydrogen-bond acceptors (Lipinski definition) is 2. The average Bonchev–Trinajstić information content (AvgIpc) is 2.55. The zero-order valence-corrected chi connectivity index (χ0v) is 17.8. The zero-order chi connectivity index (χ0) is 17.3. The van der Waals surface area contributed by atoms with Gasteiger partial charge in [0.15, 0.2) is 0 Å². The number of fused-ring (bicyclic) bond motifs is 1. The summed E-state index contributed by atoms with van der Waals surface area (Å²) in [6, 6.07) is 11.9. The molecule has 0 saturated heterocycles. The first-order valence-corrected chi connectivity index (χ1v) is 9.68. The second-order valence-electron chi connectivity index (χ2n) is 5.37. The summed E-state index contributed by atoms with van der Waals surface area (Å²) in [5, 5.41) is 1.70. The number of rotatable bonds is 2. The van der Waals surface area contributed by atoms with Crippen molar-refractivity contribution in [2.24, 2.45) is 4.99 Å². The molecule has 2 unspecified atom stereocenters. The Bertz CT molecular complexity index is 982. The summed E-state index contributed by atoms with van der Waals surface area (Å²) in [4.78, 5) is 20.7. The van der Waals surface area contributed by atoms with Crippen LogP contribution in [0.25, 0.3) is 22.0 Å². The molecule has 1 heterocycles. The van der Waals surface area contributed by atoms with Gasteiger partial charge < -0.3 is 0 Å². The molecule has 0 aliphatic rings. The van der Waals surface area contributed by atoms with E-state index in [-0.39, 0.29) is 11.7 Å². The van der Waals surface area contributed by atoms with Crippen molar-refractivity contribution in [3.05, 3.63) is 65.6 Å². The number of pyridine rings is 1. The van der Waals surface area contributed by atoms with Crippen LogP contribution >= 0.6 is 0 Å². The van der Waals surface area contributed by atoms with Gasteiger partial charge in [0.1, 0.15) is 0 Å². The van der Waals surface area contributed by atoms with E-state index in [0.29, 0.717) is 16.8 Å². The molecule has 0 bridgehead atoms. The standard InChI is InChI=1S/C18H15As2FN2O/c1-10-9-22-16(13-4-2-3-5-15(13)21)14-8-11(6-7-12(10)14)17(24)23-18(19)20/h2-9H,19-20H2,1H3. The van der Waals surface area contributed by atoms with Gasteiger partial charge in [0, 0.05) is 0 Å². The van der Waals surface area contributed by atoms with Gasteiger partial charge >= 0.3 is 157 Å². The summed E-state index contributed by atoms with van der Waals surface area (Å²) in [6.45, 7) is 1.95. The molecular weight excluding hydrogens is 429 g/mol. The summed E-state index contributed by atoms with van der Waals surface area (Å²) < 4.78 is 15.0. The molecule has 0 radical (unpaired) electrons. The summed E-state index contributed by atoms with van der Waals surface area (Å²) >= 11 is 2.68. The van der Waals surface area contributed by atoms with Gasteiger partial charge in [-0.05, 0) is 0 Å². The van der Waals surface area contributed by atoms with E-state index in [1.165, 1.54) is 39.8 Å². The molecular formula is C18H15As2FN2O. The van der Waals surface area contributed by atoms with Crippen molar-refractivity contribution < 1.29 is 9.18 Å². The maximum absolute atomic E-state index is 14.2.